The Morgan fingerprint density at radius 3 is 2.54 bits per heavy atom. The Balaban J connectivity index is 1.77. The highest BCUT2D eigenvalue weighted by Gasteiger charge is 2.45. The van der Waals surface area contributed by atoms with Gasteiger partial charge in [0.1, 0.15) is 17.1 Å². The maximum absolute atomic E-state index is 15.0. The molecule has 0 heterocycles. The van der Waals surface area contributed by atoms with Crippen molar-refractivity contribution in [2.24, 2.45) is 17.3 Å². The first kappa shape index (κ1) is 18.4. The number of nitrogens with zero attached hydrogens (tertiary/aromatic N) is 1. The molecule has 134 valence electrons. The highest BCUT2D eigenvalue weighted by molar-refractivity contribution is 5.49. The minimum absolute atomic E-state index is 0.0699. The molecule has 1 aromatic rings. The van der Waals surface area contributed by atoms with Gasteiger partial charge in [-0.1, -0.05) is 50.2 Å². The largest absolute Gasteiger partial charge is 0.210 e. The molecular weight excluding hydrogens is 328 g/mol. The summed E-state index contributed by atoms with van der Waals surface area (Å²) in [5.74, 6) is 5.82. The number of nitriles is 1. The summed E-state index contributed by atoms with van der Waals surface area (Å²) >= 11 is 0. The summed E-state index contributed by atoms with van der Waals surface area (Å²) in [6, 6.07) is 8.30. The van der Waals surface area contributed by atoms with Crippen molar-refractivity contribution in [1.29, 1.82) is 5.26 Å². The molecule has 0 aromatic heterocycles. The Hall–Kier alpha value is -2.39. The fourth-order valence-corrected chi connectivity index (χ4v) is 4.11. The van der Waals surface area contributed by atoms with Gasteiger partial charge in [-0.2, -0.15) is 5.26 Å². The number of benzene rings is 1. The van der Waals surface area contributed by atoms with Gasteiger partial charge < -0.3 is 0 Å². The van der Waals surface area contributed by atoms with Crippen LogP contribution in [0.2, 0.25) is 0 Å². The first-order chi connectivity index (χ1) is 12.6. The number of hydrogen-bond donors (Lipinski definition) is 0. The molecule has 1 saturated carbocycles. The van der Waals surface area contributed by atoms with E-state index < -0.39 is 5.41 Å². The standard InChI is InChI=1S/C23H23F2N/c1-2-17-8-10-20(11-9-17)23(16-26)13-12-19(15-22(23)25)7-6-18-4-3-5-21(24)14-18/h3-5,12,14-15,17,20H,2,8-11,13H2,1H3. The lowest BCUT2D eigenvalue weighted by atomic mass is 9.63. The molecule has 1 nitrogen and oxygen atoms in total. The lowest BCUT2D eigenvalue weighted by molar-refractivity contribution is 0.154. The van der Waals surface area contributed by atoms with Crippen molar-refractivity contribution < 1.29 is 8.78 Å². The fourth-order valence-electron chi connectivity index (χ4n) is 4.11. The summed E-state index contributed by atoms with van der Waals surface area (Å²) in [6.07, 6.45) is 8.73. The predicted molar refractivity (Wildman–Crippen MR) is 99.0 cm³/mol. The first-order valence-electron chi connectivity index (χ1n) is 9.34. The predicted octanol–water partition coefficient (Wildman–Crippen LogP) is 6.09. The molecule has 0 bridgehead atoms. The number of hydrogen-bond acceptors (Lipinski definition) is 1. The van der Waals surface area contributed by atoms with Gasteiger partial charge in [0.2, 0.25) is 0 Å². The molecule has 26 heavy (non-hydrogen) atoms. The van der Waals surface area contributed by atoms with E-state index in [-0.39, 0.29) is 17.6 Å². The highest BCUT2D eigenvalue weighted by Crippen LogP contribution is 2.50. The number of allylic oxidation sites excluding steroid dienone is 4. The monoisotopic (exact) mass is 351 g/mol. The summed E-state index contributed by atoms with van der Waals surface area (Å²) in [7, 11) is 0. The Kier molecular flexibility index (Phi) is 5.58. The highest BCUT2D eigenvalue weighted by atomic mass is 19.1. The van der Waals surface area contributed by atoms with Gasteiger partial charge in [0.15, 0.2) is 0 Å². The summed E-state index contributed by atoms with van der Waals surface area (Å²) in [5.41, 5.74) is 0.0672. The second kappa shape index (κ2) is 7.88. The third kappa shape index (κ3) is 3.73. The van der Waals surface area contributed by atoms with Crippen LogP contribution in [0.3, 0.4) is 0 Å². The average Bonchev–Trinajstić information content (AvgIpc) is 2.67. The second-order valence-electron chi connectivity index (χ2n) is 7.33. The van der Waals surface area contributed by atoms with Gasteiger partial charge in [0, 0.05) is 11.1 Å². The molecule has 0 amide bonds. The quantitative estimate of drug-likeness (QED) is 0.592. The zero-order valence-electron chi connectivity index (χ0n) is 15.1. The summed E-state index contributed by atoms with van der Waals surface area (Å²) in [4.78, 5) is 0. The van der Waals surface area contributed by atoms with Gasteiger partial charge in [-0.05, 0) is 55.4 Å². The van der Waals surface area contributed by atoms with Gasteiger partial charge in [0.25, 0.3) is 0 Å². The lowest BCUT2D eigenvalue weighted by Gasteiger charge is -2.39. The zero-order valence-corrected chi connectivity index (χ0v) is 15.1. The third-order valence-electron chi connectivity index (χ3n) is 5.85. The van der Waals surface area contributed by atoms with Crippen LogP contribution in [0.25, 0.3) is 0 Å². The average molecular weight is 351 g/mol. The zero-order chi connectivity index (χ0) is 18.6. The molecule has 2 aliphatic carbocycles. The van der Waals surface area contributed by atoms with Crippen molar-refractivity contribution >= 4 is 0 Å². The maximum atomic E-state index is 15.0. The number of halogens is 2. The van der Waals surface area contributed by atoms with E-state index in [0.717, 1.165) is 32.1 Å². The maximum Gasteiger partial charge on any atom is 0.124 e. The van der Waals surface area contributed by atoms with Crippen molar-refractivity contribution in [2.45, 2.75) is 45.4 Å². The van der Waals surface area contributed by atoms with Gasteiger partial charge in [-0.15, -0.1) is 0 Å². The van der Waals surface area contributed by atoms with Gasteiger partial charge in [-0.3, -0.25) is 0 Å². The van der Waals surface area contributed by atoms with Crippen molar-refractivity contribution in [3.63, 3.8) is 0 Å². The summed E-state index contributed by atoms with van der Waals surface area (Å²) < 4.78 is 28.2. The molecule has 3 heteroatoms. The van der Waals surface area contributed by atoms with Crippen molar-refractivity contribution in [2.75, 3.05) is 0 Å². The Bertz CT molecular complexity index is 826. The van der Waals surface area contributed by atoms with Crippen molar-refractivity contribution in [1.82, 2.24) is 0 Å². The van der Waals surface area contributed by atoms with Crippen LogP contribution in [0.4, 0.5) is 8.78 Å². The molecule has 1 unspecified atom stereocenters. The lowest BCUT2D eigenvalue weighted by Crippen LogP contribution is -2.34. The van der Waals surface area contributed by atoms with E-state index in [2.05, 4.69) is 24.8 Å². The van der Waals surface area contributed by atoms with Crippen LogP contribution in [0.1, 0.15) is 51.0 Å². The van der Waals surface area contributed by atoms with Crippen LogP contribution in [0, 0.1) is 46.2 Å². The van der Waals surface area contributed by atoms with E-state index in [1.54, 1.807) is 12.1 Å². The Labute approximate surface area is 154 Å². The van der Waals surface area contributed by atoms with Crippen molar-refractivity contribution in [3.05, 3.63) is 59.2 Å². The van der Waals surface area contributed by atoms with Crippen LogP contribution in [0.5, 0.6) is 0 Å². The number of rotatable bonds is 2. The summed E-state index contributed by atoms with van der Waals surface area (Å²) in [5, 5.41) is 9.77. The van der Waals surface area contributed by atoms with Gasteiger partial charge >= 0.3 is 0 Å². The topological polar surface area (TPSA) is 23.8 Å². The molecule has 0 aliphatic heterocycles. The molecule has 2 aliphatic rings. The first-order valence-corrected chi connectivity index (χ1v) is 9.34. The molecule has 1 aromatic carbocycles. The molecule has 0 spiro atoms. The van der Waals surface area contributed by atoms with Crippen molar-refractivity contribution in [3.8, 4) is 17.9 Å². The van der Waals surface area contributed by atoms with E-state index in [9.17, 15) is 14.0 Å². The molecular formula is C23H23F2N. The SMILES string of the molecule is CCC1CCC(C2(C#N)CC=C(C#Cc3cccc(F)c3)C=C2F)CC1. The van der Waals surface area contributed by atoms with Crippen LogP contribution in [0.15, 0.2) is 47.8 Å². The second-order valence-corrected chi connectivity index (χ2v) is 7.33. The molecule has 1 atom stereocenters. The smallest absolute Gasteiger partial charge is 0.124 e. The molecule has 0 saturated heterocycles. The van der Waals surface area contributed by atoms with Crippen LogP contribution >= 0.6 is 0 Å². The molecule has 0 N–H and O–H groups in total. The van der Waals surface area contributed by atoms with E-state index in [1.165, 1.54) is 18.2 Å². The molecule has 1 fully saturated rings. The Morgan fingerprint density at radius 2 is 1.92 bits per heavy atom. The summed E-state index contributed by atoms with van der Waals surface area (Å²) in [6.45, 7) is 2.19. The Morgan fingerprint density at radius 1 is 1.15 bits per heavy atom. The minimum Gasteiger partial charge on any atom is -0.210 e. The van der Waals surface area contributed by atoms with E-state index in [0.29, 0.717) is 23.5 Å². The van der Waals surface area contributed by atoms with E-state index >= 15 is 0 Å². The van der Waals surface area contributed by atoms with Crippen LogP contribution in [-0.4, -0.2) is 0 Å². The van der Waals surface area contributed by atoms with Crippen LogP contribution < -0.4 is 0 Å². The van der Waals surface area contributed by atoms with Crippen LogP contribution in [-0.2, 0) is 0 Å². The van der Waals surface area contributed by atoms with E-state index in [1.807, 2.05) is 6.08 Å². The molecule has 3 rings (SSSR count). The molecule has 0 radical (unpaired) electrons. The minimum atomic E-state index is -1.04. The van der Waals surface area contributed by atoms with E-state index in [4.69, 9.17) is 0 Å². The fraction of sp³-hybridized carbons (Fsp3) is 0.435. The van der Waals surface area contributed by atoms with Gasteiger partial charge in [-0.25, -0.2) is 8.78 Å². The normalized spacial score (nSPS) is 28.2. The van der Waals surface area contributed by atoms with Gasteiger partial charge in [0.05, 0.1) is 6.07 Å². The third-order valence-corrected chi connectivity index (χ3v) is 5.85.